The van der Waals surface area contributed by atoms with Gasteiger partial charge < -0.3 is 0 Å². The Morgan fingerprint density at radius 2 is 0.633 bits per heavy atom. The van der Waals surface area contributed by atoms with Crippen LogP contribution < -0.4 is 4.57 Å². The van der Waals surface area contributed by atoms with Gasteiger partial charge in [0.1, 0.15) is 12.4 Å². The third-order valence-electron chi connectivity index (χ3n) is 11.3. The Balaban J connectivity index is 2.25. The van der Waals surface area contributed by atoms with Crippen molar-refractivity contribution < 1.29 is 4.57 Å². The number of imidazole rings is 1. The fourth-order valence-electron chi connectivity index (χ4n) is 7.92. The van der Waals surface area contributed by atoms with Gasteiger partial charge in [-0.1, -0.05) is 233 Å². The molecule has 0 spiro atoms. The standard InChI is InChI=1S/C47H93N2/c1-4-7-10-13-16-19-22-24-25-26-27-28-30-33-36-39-42-47-48(43-40-37-34-31-21-18-15-12-9-6-3)45-46-49(47)44-41-38-35-32-29-23-20-17-14-11-8-5-2/h45-46H,4-44H2,1-3H3/q+1. The second-order valence-corrected chi connectivity index (χ2v) is 16.2. The fraction of sp³-hybridized carbons (Fsp3) is 0.936. The van der Waals surface area contributed by atoms with E-state index in [1.807, 2.05) is 0 Å². The molecule has 0 aliphatic heterocycles. The largest absolute Gasteiger partial charge is 0.256 e. The van der Waals surface area contributed by atoms with Gasteiger partial charge in [0.05, 0.1) is 13.1 Å². The molecule has 0 bridgehead atoms. The lowest BCUT2D eigenvalue weighted by Crippen LogP contribution is -2.37. The predicted octanol–water partition coefficient (Wildman–Crippen LogP) is 16.2. The van der Waals surface area contributed by atoms with E-state index < -0.39 is 0 Å². The maximum Gasteiger partial charge on any atom is 0.256 e. The summed E-state index contributed by atoms with van der Waals surface area (Å²) in [6.45, 7) is 9.41. The Labute approximate surface area is 310 Å². The van der Waals surface area contributed by atoms with Crippen LogP contribution in [0, 0.1) is 0 Å². The van der Waals surface area contributed by atoms with E-state index in [1.54, 1.807) is 5.82 Å². The molecule has 2 heteroatoms. The van der Waals surface area contributed by atoms with Crippen molar-refractivity contribution in [1.82, 2.24) is 4.57 Å². The van der Waals surface area contributed by atoms with E-state index in [1.165, 1.54) is 264 Å². The SMILES string of the molecule is CCCCCCCCCCCCCCCCCCc1n(CCCCCCCCCCCC)cc[n+]1CCCCCCCCCCCCCC. The summed E-state index contributed by atoms with van der Waals surface area (Å²) in [6, 6.07) is 0. The van der Waals surface area contributed by atoms with E-state index >= 15 is 0 Å². The molecule has 0 unspecified atom stereocenters. The van der Waals surface area contributed by atoms with Gasteiger partial charge in [0.25, 0.3) is 5.82 Å². The molecule has 1 aromatic rings. The highest BCUT2D eigenvalue weighted by Gasteiger charge is 2.16. The van der Waals surface area contributed by atoms with Crippen molar-refractivity contribution >= 4 is 0 Å². The van der Waals surface area contributed by atoms with Gasteiger partial charge in [-0.3, -0.25) is 0 Å². The van der Waals surface area contributed by atoms with Crippen molar-refractivity contribution in [1.29, 1.82) is 0 Å². The molecular formula is C47H93N2+. The average Bonchev–Trinajstić information content (AvgIpc) is 3.50. The third-order valence-corrected chi connectivity index (χ3v) is 11.3. The maximum atomic E-state index is 2.65. The first-order valence-electron chi connectivity index (χ1n) is 23.4. The number of hydrogen-bond acceptors (Lipinski definition) is 0. The number of unbranched alkanes of at least 4 members (excludes halogenated alkanes) is 35. The lowest BCUT2D eigenvalue weighted by Gasteiger charge is -2.07. The first kappa shape index (κ1) is 46.2. The number of aromatic nitrogens is 2. The molecule has 0 saturated carbocycles. The van der Waals surface area contributed by atoms with Crippen LogP contribution in [0.5, 0.6) is 0 Å². The van der Waals surface area contributed by atoms with Gasteiger partial charge in [0, 0.05) is 6.42 Å². The van der Waals surface area contributed by atoms with Crippen LogP contribution in [0.4, 0.5) is 0 Å². The molecule has 0 aliphatic carbocycles. The van der Waals surface area contributed by atoms with Crippen LogP contribution in [0.15, 0.2) is 12.4 Å². The molecule has 0 aromatic carbocycles. The lowest BCUT2D eigenvalue weighted by atomic mass is 10.0. The molecule has 0 saturated heterocycles. The second kappa shape index (κ2) is 38.4. The lowest BCUT2D eigenvalue weighted by molar-refractivity contribution is -0.704. The quantitative estimate of drug-likeness (QED) is 0.0479. The smallest absolute Gasteiger partial charge is 0.234 e. The highest BCUT2D eigenvalue weighted by molar-refractivity contribution is 4.84. The average molecular weight is 686 g/mol. The molecule has 0 atom stereocenters. The minimum atomic E-state index is 1.23. The summed E-state index contributed by atoms with van der Waals surface area (Å²) >= 11 is 0. The number of aryl methyl sites for hydroxylation is 2. The first-order chi connectivity index (χ1) is 24.3. The van der Waals surface area contributed by atoms with E-state index in [-0.39, 0.29) is 0 Å². The highest BCUT2D eigenvalue weighted by Crippen LogP contribution is 2.16. The predicted molar refractivity (Wildman–Crippen MR) is 221 cm³/mol. The van der Waals surface area contributed by atoms with E-state index in [4.69, 9.17) is 0 Å². The molecule has 0 fully saturated rings. The minimum absolute atomic E-state index is 1.23. The monoisotopic (exact) mass is 686 g/mol. The molecule has 0 aliphatic rings. The van der Waals surface area contributed by atoms with E-state index in [2.05, 4.69) is 42.3 Å². The second-order valence-electron chi connectivity index (χ2n) is 16.2. The molecule has 1 heterocycles. The van der Waals surface area contributed by atoms with Crippen LogP contribution in [0.1, 0.15) is 271 Å². The van der Waals surface area contributed by atoms with Crippen molar-refractivity contribution in [2.24, 2.45) is 0 Å². The molecule has 49 heavy (non-hydrogen) atoms. The van der Waals surface area contributed by atoms with Crippen molar-refractivity contribution in [3.8, 4) is 0 Å². The van der Waals surface area contributed by atoms with E-state index in [0.29, 0.717) is 0 Å². The van der Waals surface area contributed by atoms with E-state index in [0.717, 1.165) is 0 Å². The highest BCUT2D eigenvalue weighted by atomic mass is 15.1. The van der Waals surface area contributed by atoms with Gasteiger partial charge in [0.2, 0.25) is 0 Å². The molecule has 0 radical (unpaired) electrons. The van der Waals surface area contributed by atoms with Gasteiger partial charge in [-0.15, -0.1) is 0 Å². The Morgan fingerprint density at radius 1 is 0.347 bits per heavy atom. The zero-order valence-electron chi connectivity index (χ0n) is 34.5. The van der Waals surface area contributed by atoms with Crippen LogP contribution in [-0.2, 0) is 19.5 Å². The van der Waals surface area contributed by atoms with Crippen molar-refractivity contribution in [2.75, 3.05) is 0 Å². The summed E-state index contributed by atoms with van der Waals surface area (Å²) in [7, 11) is 0. The number of hydrogen-bond donors (Lipinski definition) is 0. The topological polar surface area (TPSA) is 8.81 Å². The van der Waals surface area contributed by atoms with Gasteiger partial charge in [-0.25, -0.2) is 9.13 Å². The Bertz CT molecular complexity index is 751. The van der Waals surface area contributed by atoms with E-state index in [9.17, 15) is 0 Å². The van der Waals surface area contributed by atoms with Gasteiger partial charge >= 0.3 is 0 Å². The zero-order valence-corrected chi connectivity index (χ0v) is 34.5. The van der Waals surface area contributed by atoms with Gasteiger partial charge in [0.15, 0.2) is 0 Å². The van der Waals surface area contributed by atoms with Crippen LogP contribution >= 0.6 is 0 Å². The molecule has 0 N–H and O–H groups in total. The Morgan fingerprint density at radius 3 is 0.980 bits per heavy atom. The molecule has 1 rings (SSSR count). The number of nitrogens with zero attached hydrogens (tertiary/aromatic N) is 2. The van der Waals surface area contributed by atoms with Crippen LogP contribution in [0.2, 0.25) is 0 Å². The van der Waals surface area contributed by atoms with Crippen molar-refractivity contribution in [2.45, 2.75) is 284 Å². The van der Waals surface area contributed by atoms with Crippen molar-refractivity contribution in [3.05, 3.63) is 18.2 Å². The van der Waals surface area contributed by atoms with Gasteiger partial charge in [-0.2, -0.15) is 0 Å². The first-order valence-corrected chi connectivity index (χ1v) is 23.4. The molecule has 0 amide bonds. The summed E-state index contributed by atoms with van der Waals surface area (Å²) in [5.74, 6) is 1.63. The Kier molecular flexibility index (Phi) is 36.3. The van der Waals surface area contributed by atoms with Crippen molar-refractivity contribution in [3.63, 3.8) is 0 Å². The third kappa shape index (κ3) is 30.5. The minimum Gasteiger partial charge on any atom is -0.234 e. The zero-order chi connectivity index (χ0) is 35.1. The summed E-state index contributed by atoms with van der Waals surface area (Å²) in [5, 5.41) is 0. The maximum absolute atomic E-state index is 2.65. The van der Waals surface area contributed by atoms with Crippen LogP contribution in [-0.4, -0.2) is 4.57 Å². The number of rotatable bonds is 41. The summed E-state index contributed by atoms with van der Waals surface area (Å²) < 4.78 is 5.30. The van der Waals surface area contributed by atoms with Crippen LogP contribution in [0.25, 0.3) is 0 Å². The van der Waals surface area contributed by atoms with Gasteiger partial charge in [-0.05, 0) is 32.1 Å². The summed E-state index contributed by atoms with van der Waals surface area (Å²) in [6.07, 6.45) is 60.8. The molecule has 290 valence electrons. The summed E-state index contributed by atoms with van der Waals surface area (Å²) in [4.78, 5) is 0. The molecular weight excluding hydrogens is 593 g/mol. The normalized spacial score (nSPS) is 11.7. The molecule has 2 nitrogen and oxygen atoms in total. The molecule has 1 aromatic heterocycles. The fourth-order valence-corrected chi connectivity index (χ4v) is 7.92. The Hall–Kier alpha value is -0.790. The summed E-state index contributed by atoms with van der Waals surface area (Å²) in [5.41, 5.74) is 0. The van der Waals surface area contributed by atoms with Crippen LogP contribution in [0.3, 0.4) is 0 Å².